The molecule has 17 heavy (non-hydrogen) atoms. The second-order valence-corrected chi connectivity index (χ2v) is 3.91. The molecule has 0 fully saturated rings. The molecule has 0 aromatic carbocycles. The number of ether oxygens (including phenoxy) is 1. The highest BCUT2D eigenvalue weighted by Gasteiger charge is 2.35. The van der Waals surface area contributed by atoms with Crippen LogP contribution >= 0.6 is 0 Å². The van der Waals surface area contributed by atoms with Gasteiger partial charge in [0, 0.05) is 7.11 Å². The van der Waals surface area contributed by atoms with Crippen LogP contribution in [0.4, 0.5) is 0 Å². The number of methoxy groups -OCH3 is 1. The summed E-state index contributed by atoms with van der Waals surface area (Å²) in [4.78, 5) is 22.9. The van der Waals surface area contributed by atoms with Crippen LogP contribution in [0.25, 0.3) is 0 Å². The summed E-state index contributed by atoms with van der Waals surface area (Å²) in [5.74, 6) is -1.22. The molecule has 0 radical (unpaired) electrons. The molecule has 1 rings (SSSR count). The highest BCUT2D eigenvalue weighted by Crippen LogP contribution is 2.12. The number of carboxylic acids is 1. The fraction of sp³-hybridized carbons (Fsp3) is 0.455. The average Bonchev–Trinajstić information content (AvgIpc) is 2.64. The molecule has 0 saturated carbocycles. The number of carboxylic acid groups (broad SMARTS) is 1. The van der Waals surface area contributed by atoms with E-state index in [0.717, 1.165) is 0 Å². The third-order valence-corrected chi connectivity index (χ3v) is 2.40. The van der Waals surface area contributed by atoms with Crippen LogP contribution in [0.1, 0.15) is 23.0 Å². The number of rotatable bonds is 5. The van der Waals surface area contributed by atoms with Gasteiger partial charge in [0.05, 0.1) is 18.4 Å². The van der Waals surface area contributed by atoms with Gasteiger partial charge in [-0.3, -0.25) is 4.79 Å². The Bertz CT molecular complexity index is 425. The number of hydrogen-bond acceptors (Lipinski definition) is 4. The second kappa shape index (κ2) is 5.01. The van der Waals surface area contributed by atoms with Gasteiger partial charge >= 0.3 is 5.97 Å². The summed E-state index contributed by atoms with van der Waals surface area (Å²) in [6.07, 6.45) is 1.37. The Morgan fingerprint density at radius 2 is 2.24 bits per heavy atom. The van der Waals surface area contributed by atoms with E-state index in [2.05, 4.69) is 5.32 Å². The van der Waals surface area contributed by atoms with Gasteiger partial charge in [-0.1, -0.05) is 0 Å². The molecule has 6 heteroatoms. The van der Waals surface area contributed by atoms with Crippen molar-refractivity contribution in [1.29, 1.82) is 0 Å². The minimum atomic E-state index is -1.46. The molecular weight excluding hydrogens is 226 g/mol. The maximum Gasteiger partial charge on any atom is 0.331 e. The van der Waals surface area contributed by atoms with Gasteiger partial charge < -0.3 is 19.6 Å². The van der Waals surface area contributed by atoms with Crippen molar-refractivity contribution in [1.82, 2.24) is 5.32 Å². The van der Waals surface area contributed by atoms with Gasteiger partial charge in [-0.05, 0) is 19.9 Å². The number of aliphatic carboxylic acids is 1. The van der Waals surface area contributed by atoms with Crippen LogP contribution in [-0.2, 0) is 9.53 Å². The van der Waals surface area contributed by atoms with Crippen molar-refractivity contribution in [3.8, 4) is 0 Å². The maximum atomic E-state index is 11.8. The molecule has 1 aromatic heterocycles. The van der Waals surface area contributed by atoms with E-state index in [9.17, 15) is 9.59 Å². The monoisotopic (exact) mass is 241 g/mol. The zero-order valence-corrected chi connectivity index (χ0v) is 9.94. The lowest BCUT2D eigenvalue weighted by atomic mass is 10.0. The van der Waals surface area contributed by atoms with Crippen molar-refractivity contribution in [3.05, 3.63) is 23.7 Å². The Balaban J connectivity index is 2.85. The summed E-state index contributed by atoms with van der Waals surface area (Å²) in [6.45, 7) is 2.89. The minimum Gasteiger partial charge on any atom is -0.479 e. The normalized spacial score (nSPS) is 14.1. The number of aryl methyl sites for hydroxylation is 1. The third kappa shape index (κ3) is 2.85. The van der Waals surface area contributed by atoms with Crippen molar-refractivity contribution in [2.24, 2.45) is 0 Å². The smallest absolute Gasteiger partial charge is 0.331 e. The molecule has 0 bridgehead atoms. The van der Waals surface area contributed by atoms with Crippen LogP contribution in [-0.4, -0.2) is 36.2 Å². The number of carbonyl (C=O) groups excluding carboxylic acids is 1. The lowest BCUT2D eigenvalue weighted by Crippen LogP contribution is -2.55. The first kappa shape index (κ1) is 13.2. The molecule has 94 valence electrons. The lowest BCUT2D eigenvalue weighted by Gasteiger charge is -2.25. The van der Waals surface area contributed by atoms with Crippen LogP contribution in [0.5, 0.6) is 0 Å². The summed E-state index contributed by atoms with van der Waals surface area (Å²) in [5, 5.41) is 11.5. The van der Waals surface area contributed by atoms with Crippen molar-refractivity contribution in [2.75, 3.05) is 13.7 Å². The number of hydrogen-bond donors (Lipinski definition) is 2. The molecule has 2 N–H and O–H groups in total. The Hall–Kier alpha value is -1.82. The molecule has 0 aliphatic carbocycles. The summed E-state index contributed by atoms with van der Waals surface area (Å²) >= 11 is 0. The standard InChI is InChI=1S/C11H15NO5/c1-7-8(4-5-17-7)9(13)12-11(2,6-16-3)10(14)15/h4-5H,6H2,1-3H3,(H,12,13)(H,14,15). The molecule has 1 amide bonds. The largest absolute Gasteiger partial charge is 0.479 e. The zero-order valence-electron chi connectivity index (χ0n) is 9.94. The van der Waals surface area contributed by atoms with E-state index in [-0.39, 0.29) is 6.61 Å². The Morgan fingerprint density at radius 1 is 1.59 bits per heavy atom. The summed E-state index contributed by atoms with van der Waals surface area (Å²) in [5.41, 5.74) is -1.15. The molecule has 1 aromatic rings. The van der Waals surface area contributed by atoms with Crippen molar-refractivity contribution >= 4 is 11.9 Å². The van der Waals surface area contributed by atoms with E-state index in [1.165, 1.54) is 26.4 Å². The Labute approximate surface area is 98.6 Å². The van der Waals surface area contributed by atoms with Gasteiger partial charge in [0.1, 0.15) is 5.76 Å². The molecule has 1 unspecified atom stereocenters. The van der Waals surface area contributed by atoms with Gasteiger partial charge in [-0.25, -0.2) is 4.79 Å². The van der Waals surface area contributed by atoms with Crippen LogP contribution in [0.2, 0.25) is 0 Å². The Morgan fingerprint density at radius 3 is 2.65 bits per heavy atom. The van der Waals surface area contributed by atoms with Gasteiger partial charge in [-0.15, -0.1) is 0 Å². The van der Waals surface area contributed by atoms with Gasteiger partial charge in [-0.2, -0.15) is 0 Å². The Kier molecular flexibility index (Phi) is 3.90. The zero-order chi connectivity index (χ0) is 13.1. The number of furan rings is 1. The lowest BCUT2D eigenvalue weighted by molar-refractivity contribution is -0.145. The SMILES string of the molecule is COCC(C)(NC(=O)c1ccoc1C)C(=O)O. The van der Waals surface area contributed by atoms with Crippen LogP contribution in [0.15, 0.2) is 16.7 Å². The topological polar surface area (TPSA) is 88.8 Å². The summed E-state index contributed by atoms with van der Waals surface area (Å²) in [7, 11) is 1.37. The van der Waals surface area contributed by atoms with Crippen molar-refractivity contribution in [3.63, 3.8) is 0 Å². The predicted octanol–water partition coefficient (Wildman–Crippen LogP) is 0.808. The summed E-state index contributed by atoms with van der Waals surface area (Å²) in [6, 6.07) is 1.49. The molecule has 0 aliphatic rings. The maximum absolute atomic E-state index is 11.8. The summed E-state index contributed by atoms with van der Waals surface area (Å²) < 4.78 is 9.78. The predicted molar refractivity (Wildman–Crippen MR) is 58.8 cm³/mol. The van der Waals surface area contributed by atoms with E-state index in [4.69, 9.17) is 14.3 Å². The molecule has 1 heterocycles. The van der Waals surface area contributed by atoms with Crippen LogP contribution in [0, 0.1) is 6.92 Å². The highest BCUT2D eigenvalue weighted by molar-refractivity contribution is 5.98. The molecular formula is C11H15NO5. The van der Waals surface area contributed by atoms with E-state index in [1.54, 1.807) is 6.92 Å². The molecule has 0 aliphatic heterocycles. The molecule has 1 atom stereocenters. The number of amides is 1. The number of carbonyl (C=O) groups is 2. The second-order valence-electron chi connectivity index (χ2n) is 3.91. The van der Waals surface area contributed by atoms with Crippen molar-refractivity contribution < 1.29 is 23.8 Å². The van der Waals surface area contributed by atoms with E-state index in [0.29, 0.717) is 11.3 Å². The molecule has 0 saturated heterocycles. The van der Waals surface area contributed by atoms with Crippen LogP contribution in [0.3, 0.4) is 0 Å². The first-order valence-corrected chi connectivity index (χ1v) is 4.99. The van der Waals surface area contributed by atoms with Crippen LogP contribution < -0.4 is 5.32 Å². The quantitative estimate of drug-likeness (QED) is 0.796. The van der Waals surface area contributed by atoms with Gasteiger partial charge in [0.25, 0.3) is 5.91 Å². The molecule has 0 spiro atoms. The molecule has 6 nitrogen and oxygen atoms in total. The van der Waals surface area contributed by atoms with E-state index >= 15 is 0 Å². The van der Waals surface area contributed by atoms with Crippen molar-refractivity contribution in [2.45, 2.75) is 19.4 Å². The van der Waals surface area contributed by atoms with E-state index < -0.39 is 17.4 Å². The number of nitrogens with one attached hydrogen (secondary N) is 1. The van der Waals surface area contributed by atoms with Gasteiger partial charge in [0.2, 0.25) is 0 Å². The highest BCUT2D eigenvalue weighted by atomic mass is 16.5. The third-order valence-electron chi connectivity index (χ3n) is 2.40. The first-order chi connectivity index (χ1) is 7.90. The average molecular weight is 241 g/mol. The van der Waals surface area contributed by atoms with Gasteiger partial charge in [0.15, 0.2) is 5.54 Å². The minimum absolute atomic E-state index is 0.120. The fourth-order valence-electron chi connectivity index (χ4n) is 1.38. The van der Waals surface area contributed by atoms with E-state index in [1.807, 2.05) is 0 Å². The first-order valence-electron chi connectivity index (χ1n) is 4.99. The fourth-order valence-corrected chi connectivity index (χ4v) is 1.38.